The molecule has 1 aromatic rings. The first kappa shape index (κ1) is 11.1. The molecular formula is C10H14F2N2. The van der Waals surface area contributed by atoms with Crippen molar-refractivity contribution in [1.29, 1.82) is 0 Å². The third kappa shape index (κ3) is 2.75. The van der Waals surface area contributed by atoms with E-state index in [0.717, 1.165) is 11.6 Å². The Balaban J connectivity index is 2.70. The maximum absolute atomic E-state index is 12.8. The quantitative estimate of drug-likeness (QED) is 0.774. The molecule has 0 saturated carbocycles. The van der Waals surface area contributed by atoms with Crippen LogP contribution in [0.4, 0.5) is 8.78 Å². The zero-order valence-corrected chi connectivity index (χ0v) is 8.06. The first-order valence-corrected chi connectivity index (χ1v) is 4.53. The van der Waals surface area contributed by atoms with Gasteiger partial charge in [0.25, 0.3) is 0 Å². The number of halogens is 2. The van der Waals surface area contributed by atoms with Crippen LogP contribution in [-0.2, 0) is 0 Å². The van der Waals surface area contributed by atoms with Crippen LogP contribution in [0.2, 0.25) is 0 Å². The highest BCUT2D eigenvalue weighted by Gasteiger charge is 2.07. The molecule has 0 aliphatic carbocycles. The minimum atomic E-state index is -0.820. The maximum Gasteiger partial charge on any atom is 0.159 e. The SMILES string of the molecule is C[C@@H](NCCN)c1ccc(F)c(F)c1. The normalized spacial score (nSPS) is 12.9. The van der Waals surface area contributed by atoms with E-state index in [0.29, 0.717) is 13.1 Å². The molecule has 1 aromatic carbocycles. The predicted molar refractivity (Wildman–Crippen MR) is 51.8 cm³/mol. The average Bonchev–Trinajstić information content (AvgIpc) is 2.18. The predicted octanol–water partition coefficient (Wildman–Crippen LogP) is 1.57. The molecule has 14 heavy (non-hydrogen) atoms. The minimum absolute atomic E-state index is 0.0198. The number of rotatable bonds is 4. The number of nitrogens with two attached hydrogens (primary N) is 1. The summed E-state index contributed by atoms with van der Waals surface area (Å²) in [6, 6.07) is 3.87. The topological polar surface area (TPSA) is 38.0 Å². The molecule has 78 valence electrons. The lowest BCUT2D eigenvalue weighted by Gasteiger charge is -2.13. The van der Waals surface area contributed by atoms with E-state index >= 15 is 0 Å². The lowest BCUT2D eigenvalue weighted by Crippen LogP contribution is -2.25. The van der Waals surface area contributed by atoms with E-state index in [1.807, 2.05) is 6.92 Å². The highest BCUT2D eigenvalue weighted by atomic mass is 19.2. The van der Waals surface area contributed by atoms with Crippen LogP contribution in [0, 0.1) is 11.6 Å². The number of nitrogens with one attached hydrogen (secondary N) is 1. The van der Waals surface area contributed by atoms with Crippen molar-refractivity contribution in [2.75, 3.05) is 13.1 Å². The first-order valence-electron chi connectivity index (χ1n) is 4.53. The lowest BCUT2D eigenvalue weighted by atomic mass is 10.1. The molecule has 0 spiro atoms. The average molecular weight is 200 g/mol. The second kappa shape index (κ2) is 5.02. The van der Waals surface area contributed by atoms with Gasteiger partial charge in [-0.05, 0) is 24.6 Å². The van der Waals surface area contributed by atoms with Crippen LogP contribution in [0.5, 0.6) is 0 Å². The van der Waals surface area contributed by atoms with Crippen LogP contribution in [-0.4, -0.2) is 13.1 Å². The Labute approximate surface area is 82.1 Å². The Morgan fingerprint density at radius 3 is 2.64 bits per heavy atom. The van der Waals surface area contributed by atoms with Gasteiger partial charge in [0.15, 0.2) is 11.6 Å². The van der Waals surface area contributed by atoms with Gasteiger partial charge in [0, 0.05) is 19.1 Å². The number of hydrogen-bond acceptors (Lipinski definition) is 2. The van der Waals surface area contributed by atoms with Crippen LogP contribution in [0.3, 0.4) is 0 Å². The van der Waals surface area contributed by atoms with Gasteiger partial charge >= 0.3 is 0 Å². The molecule has 2 nitrogen and oxygen atoms in total. The molecule has 0 unspecified atom stereocenters. The number of benzene rings is 1. The molecule has 0 heterocycles. The molecule has 3 N–H and O–H groups in total. The summed E-state index contributed by atoms with van der Waals surface area (Å²) >= 11 is 0. The summed E-state index contributed by atoms with van der Waals surface area (Å²) in [6.07, 6.45) is 0. The van der Waals surface area contributed by atoms with Gasteiger partial charge in [-0.15, -0.1) is 0 Å². The molecule has 0 fully saturated rings. The summed E-state index contributed by atoms with van der Waals surface area (Å²) in [5.74, 6) is -1.64. The molecule has 1 rings (SSSR count). The fourth-order valence-electron chi connectivity index (χ4n) is 1.20. The van der Waals surface area contributed by atoms with E-state index in [2.05, 4.69) is 5.32 Å². The Hall–Kier alpha value is -1.00. The summed E-state index contributed by atoms with van der Waals surface area (Å²) in [7, 11) is 0. The van der Waals surface area contributed by atoms with Crippen molar-refractivity contribution in [3.63, 3.8) is 0 Å². The maximum atomic E-state index is 12.8. The molecule has 0 amide bonds. The fourth-order valence-corrected chi connectivity index (χ4v) is 1.20. The molecule has 0 radical (unpaired) electrons. The van der Waals surface area contributed by atoms with Gasteiger partial charge in [-0.25, -0.2) is 8.78 Å². The van der Waals surface area contributed by atoms with Crippen LogP contribution in [0.25, 0.3) is 0 Å². The van der Waals surface area contributed by atoms with Gasteiger partial charge in [-0.1, -0.05) is 6.07 Å². The van der Waals surface area contributed by atoms with E-state index in [9.17, 15) is 8.78 Å². The van der Waals surface area contributed by atoms with E-state index in [4.69, 9.17) is 5.73 Å². The van der Waals surface area contributed by atoms with Crippen molar-refractivity contribution in [2.24, 2.45) is 5.73 Å². The second-order valence-electron chi connectivity index (χ2n) is 3.14. The van der Waals surface area contributed by atoms with Crippen LogP contribution in [0.1, 0.15) is 18.5 Å². The molecule has 0 bridgehead atoms. The summed E-state index contributed by atoms with van der Waals surface area (Å²) in [6.45, 7) is 3.05. The summed E-state index contributed by atoms with van der Waals surface area (Å²) in [4.78, 5) is 0. The van der Waals surface area contributed by atoms with Gasteiger partial charge in [-0.2, -0.15) is 0 Å². The van der Waals surface area contributed by atoms with Gasteiger partial charge in [0.1, 0.15) is 0 Å². The van der Waals surface area contributed by atoms with E-state index in [1.165, 1.54) is 6.07 Å². The van der Waals surface area contributed by atoms with Gasteiger partial charge in [-0.3, -0.25) is 0 Å². The smallest absolute Gasteiger partial charge is 0.159 e. The van der Waals surface area contributed by atoms with Crippen molar-refractivity contribution in [3.8, 4) is 0 Å². The Bertz CT molecular complexity index is 302. The molecular weight excluding hydrogens is 186 g/mol. The van der Waals surface area contributed by atoms with Crippen molar-refractivity contribution < 1.29 is 8.78 Å². The Morgan fingerprint density at radius 2 is 2.07 bits per heavy atom. The molecule has 1 atom stereocenters. The van der Waals surface area contributed by atoms with Crippen molar-refractivity contribution in [2.45, 2.75) is 13.0 Å². The van der Waals surface area contributed by atoms with Crippen molar-refractivity contribution in [1.82, 2.24) is 5.32 Å². The molecule has 4 heteroatoms. The molecule has 0 aromatic heterocycles. The highest BCUT2D eigenvalue weighted by Crippen LogP contribution is 2.15. The summed E-state index contributed by atoms with van der Waals surface area (Å²) in [5.41, 5.74) is 6.03. The summed E-state index contributed by atoms with van der Waals surface area (Å²) in [5, 5.41) is 3.08. The van der Waals surface area contributed by atoms with E-state index < -0.39 is 11.6 Å². The van der Waals surface area contributed by atoms with E-state index in [1.54, 1.807) is 6.07 Å². The highest BCUT2D eigenvalue weighted by molar-refractivity contribution is 5.20. The minimum Gasteiger partial charge on any atom is -0.329 e. The summed E-state index contributed by atoms with van der Waals surface area (Å²) < 4.78 is 25.4. The van der Waals surface area contributed by atoms with Gasteiger partial charge in [0.2, 0.25) is 0 Å². The number of hydrogen-bond donors (Lipinski definition) is 2. The molecule has 0 saturated heterocycles. The van der Waals surface area contributed by atoms with Crippen LogP contribution < -0.4 is 11.1 Å². The Morgan fingerprint density at radius 1 is 1.36 bits per heavy atom. The molecule has 0 aliphatic rings. The first-order chi connectivity index (χ1) is 6.65. The largest absolute Gasteiger partial charge is 0.329 e. The monoisotopic (exact) mass is 200 g/mol. The second-order valence-corrected chi connectivity index (χ2v) is 3.14. The standard InChI is InChI=1S/C10H14F2N2/c1-7(14-5-4-13)8-2-3-9(11)10(12)6-8/h2-3,6-7,14H,4-5,13H2,1H3/t7-/m1/s1. The zero-order valence-electron chi connectivity index (χ0n) is 8.06. The third-order valence-electron chi connectivity index (χ3n) is 2.04. The van der Waals surface area contributed by atoms with Gasteiger partial charge < -0.3 is 11.1 Å². The van der Waals surface area contributed by atoms with Crippen molar-refractivity contribution in [3.05, 3.63) is 35.4 Å². The zero-order chi connectivity index (χ0) is 10.6. The third-order valence-corrected chi connectivity index (χ3v) is 2.04. The van der Waals surface area contributed by atoms with E-state index in [-0.39, 0.29) is 6.04 Å². The fraction of sp³-hybridized carbons (Fsp3) is 0.400. The Kier molecular flexibility index (Phi) is 3.98. The van der Waals surface area contributed by atoms with Crippen LogP contribution >= 0.6 is 0 Å². The van der Waals surface area contributed by atoms with Crippen molar-refractivity contribution >= 4 is 0 Å². The van der Waals surface area contributed by atoms with Gasteiger partial charge in [0.05, 0.1) is 0 Å². The lowest BCUT2D eigenvalue weighted by molar-refractivity contribution is 0.501. The van der Waals surface area contributed by atoms with Crippen LogP contribution in [0.15, 0.2) is 18.2 Å². The molecule has 0 aliphatic heterocycles.